The molecule has 0 aliphatic heterocycles. The van der Waals surface area contributed by atoms with E-state index in [-0.39, 0.29) is 4.90 Å². The van der Waals surface area contributed by atoms with Gasteiger partial charge in [-0.05, 0) is 35.9 Å². The molecule has 0 fully saturated rings. The fourth-order valence-corrected chi connectivity index (χ4v) is 3.15. The Bertz CT molecular complexity index is 941. The van der Waals surface area contributed by atoms with Crippen LogP contribution in [0, 0.1) is 0 Å². The molecule has 1 amide bonds. The van der Waals surface area contributed by atoms with Crippen molar-refractivity contribution in [2.24, 2.45) is 0 Å². The van der Waals surface area contributed by atoms with Gasteiger partial charge in [0.15, 0.2) is 0 Å². The molecule has 0 radical (unpaired) electrons. The van der Waals surface area contributed by atoms with E-state index < -0.39 is 33.4 Å². The van der Waals surface area contributed by atoms with Gasteiger partial charge in [-0.2, -0.15) is 13.2 Å². The van der Waals surface area contributed by atoms with Crippen molar-refractivity contribution in [3.63, 3.8) is 0 Å². The second-order valence-corrected chi connectivity index (χ2v) is 6.71. The van der Waals surface area contributed by atoms with Gasteiger partial charge in [-0.1, -0.05) is 24.3 Å². The van der Waals surface area contributed by atoms with Crippen molar-refractivity contribution >= 4 is 27.7 Å². The fraction of sp³-hybridized carbons (Fsp3) is 0.0625. The summed E-state index contributed by atoms with van der Waals surface area (Å²) in [6.45, 7) is 0. The second kappa shape index (κ2) is 7.58. The van der Waals surface area contributed by atoms with Crippen molar-refractivity contribution in [1.29, 1.82) is 0 Å². The molecule has 0 bridgehead atoms. The van der Waals surface area contributed by atoms with E-state index >= 15 is 0 Å². The third kappa shape index (κ3) is 4.83. The highest BCUT2D eigenvalue weighted by atomic mass is 32.2. The Morgan fingerprint density at radius 1 is 1.08 bits per heavy atom. The first-order valence-corrected chi connectivity index (χ1v) is 8.53. The number of hydrogen-bond donors (Lipinski definition) is 3. The number of carbonyl (C=O) groups excluding carboxylic acids is 1. The second-order valence-electron chi connectivity index (χ2n) is 5.03. The molecule has 0 saturated heterocycles. The number of para-hydroxylation sites is 1. The largest absolute Gasteiger partial charge is 0.418 e. The summed E-state index contributed by atoms with van der Waals surface area (Å²) in [7, 11) is -4.30. The van der Waals surface area contributed by atoms with E-state index in [1.54, 1.807) is 0 Å². The zero-order valence-corrected chi connectivity index (χ0v) is 13.8. The standard InChI is InChI=1S/C16H13F3N2O4S/c17-16(18,19)13-6-1-2-7-14(13)21-26(24,25)12-5-3-4-11(10-12)8-9-15(22)20-23/h1-10,21,23H,(H,20,22). The van der Waals surface area contributed by atoms with Gasteiger partial charge in [0, 0.05) is 6.08 Å². The summed E-state index contributed by atoms with van der Waals surface area (Å²) < 4.78 is 65.7. The molecule has 0 saturated carbocycles. The van der Waals surface area contributed by atoms with Gasteiger partial charge in [0.1, 0.15) is 0 Å². The van der Waals surface area contributed by atoms with Crippen LogP contribution in [0.2, 0.25) is 0 Å². The van der Waals surface area contributed by atoms with Crippen LogP contribution in [0.1, 0.15) is 11.1 Å². The number of hydroxylamine groups is 1. The first kappa shape index (κ1) is 19.5. The number of alkyl halides is 3. The molecular formula is C16H13F3N2O4S. The lowest BCUT2D eigenvalue weighted by Gasteiger charge is -2.14. The van der Waals surface area contributed by atoms with Gasteiger partial charge < -0.3 is 0 Å². The number of sulfonamides is 1. The van der Waals surface area contributed by atoms with Crippen molar-refractivity contribution in [1.82, 2.24) is 5.48 Å². The molecule has 10 heteroatoms. The lowest BCUT2D eigenvalue weighted by molar-refractivity contribution is -0.136. The Hall–Kier alpha value is -2.85. The highest BCUT2D eigenvalue weighted by Crippen LogP contribution is 2.35. The molecule has 0 unspecified atom stereocenters. The summed E-state index contributed by atoms with van der Waals surface area (Å²) in [5, 5.41) is 8.40. The molecule has 0 spiro atoms. The first-order valence-electron chi connectivity index (χ1n) is 7.05. The topological polar surface area (TPSA) is 95.5 Å². The molecule has 0 aromatic heterocycles. The Morgan fingerprint density at radius 3 is 2.42 bits per heavy atom. The molecule has 0 aliphatic rings. The molecule has 0 aliphatic carbocycles. The smallest absolute Gasteiger partial charge is 0.288 e. The molecule has 2 aromatic rings. The summed E-state index contributed by atoms with van der Waals surface area (Å²) in [4.78, 5) is 10.7. The van der Waals surface area contributed by atoms with Crippen LogP contribution in [0.3, 0.4) is 0 Å². The van der Waals surface area contributed by atoms with Gasteiger partial charge in [-0.3, -0.25) is 14.7 Å². The van der Waals surface area contributed by atoms with Crippen LogP contribution in [-0.2, 0) is 21.0 Å². The summed E-state index contributed by atoms with van der Waals surface area (Å²) >= 11 is 0. The van der Waals surface area contributed by atoms with Gasteiger partial charge in [-0.25, -0.2) is 13.9 Å². The zero-order valence-electron chi connectivity index (χ0n) is 13.0. The average Bonchev–Trinajstić information content (AvgIpc) is 2.59. The van der Waals surface area contributed by atoms with Crippen LogP contribution in [0.25, 0.3) is 6.08 Å². The number of nitrogens with one attached hydrogen (secondary N) is 2. The van der Waals surface area contributed by atoms with Crippen molar-refractivity contribution in [3.8, 4) is 0 Å². The van der Waals surface area contributed by atoms with E-state index in [0.29, 0.717) is 5.56 Å². The number of amides is 1. The van der Waals surface area contributed by atoms with E-state index in [9.17, 15) is 26.4 Å². The molecule has 0 atom stereocenters. The van der Waals surface area contributed by atoms with Gasteiger partial charge in [0.25, 0.3) is 15.9 Å². The minimum Gasteiger partial charge on any atom is -0.288 e. The van der Waals surface area contributed by atoms with Crippen LogP contribution in [0.5, 0.6) is 0 Å². The van der Waals surface area contributed by atoms with Gasteiger partial charge in [0.05, 0.1) is 16.1 Å². The van der Waals surface area contributed by atoms with Crippen molar-refractivity contribution in [2.75, 3.05) is 4.72 Å². The highest BCUT2D eigenvalue weighted by Gasteiger charge is 2.34. The molecule has 3 N–H and O–H groups in total. The predicted molar refractivity (Wildman–Crippen MR) is 87.7 cm³/mol. The zero-order chi connectivity index (χ0) is 19.4. The van der Waals surface area contributed by atoms with Crippen molar-refractivity contribution < 1.29 is 31.6 Å². The van der Waals surface area contributed by atoms with Gasteiger partial charge >= 0.3 is 6.18 Å². The number of anilines is 1. The highest BCUT2D eigenvalue weighted by molar-refractivity contribution is 7.92. The molecule has 2 aromatic carbocycles. The normalized spacial score (nSPS) is 12.2. The van der Waals surface area contributed by atoms with E-state index in [4.69, 9.17) is 5.21 Å². The van der Waals surface area contributed by atoms with Crippen LogP contribution in [-0.4, -0.2) is 19.5 Å². The number of benzene rings is 2. The lowest BCUT2D eigenvalue weighted by atomic mass is 10.2. The fourth-order valence-electron chi connectivity index (χ4n) is 2.02. The third-order valence-electron chi connectivity index (χ3n) is 3.18. The summed E-state index contributed by atoms with van der Waals surface area (Å²) in [6, 6.07) is 9.41. The van der Waals surface area contributed by atoms with Crippen LogP contribution in [0.15, 0.2) is 59.5 Å². The van der Waals surface area contributed by atoms with Crippen molar-refractivity contribution in [3.05, 3.63) is 65.7 Å². The minimum absolute atomic E-state index is 0.291. The molecule has 26 heavy (non-hydrogen) atoms. The minimum atomic E-state index is -4.72. The molecular weight excluding hydrogens is 373 g/mol. The Balaban J connectivity index is 2.35. The number of hydrogen-bond acceptors (Lipinski definition) is 4. The summed E-state index contributed by atoms with van der Waals surface area (Å²) in [5.41, 5.74) is -0.0461. The Labute approximate surface area is 147 Å². The quantitative estimate of drug-likeness (QED) is 0.418. The van der Waals surface area contributed by atoms with Gasteiger partial charge in [-0.15, -0.1) is 0 Å². The predicted octanol–water partition coefficient (Wildman–Crippen LogP) is 3.02. The number of carbonyl (C=O) groups is 1. The van der Waals surface area contributed by atoms with E-state index in [1.165, 1.54) is 41.9 Å². The third-order valence-corrected chi connectivity index (χ3v) is 4.55. The first-order chi connectivity index (χ1) is 12.1. The van der Waals surface area contributed by atoms with Crippen LogP contribution >= 0.6 is 0 Å². The van der Waals surface area contributed by atoms with E-state index in [2.05, 4.69) is 0 Å². The monoisotopic (exact) mass is 386 g/mol. The van der Waals surface area contributed by atoms with Crippen LogP contribution in [0.4, 0.5) is 18.9 Å². The molecule has 2 rings (SSSR count). The van der Waals surface area contributed by atoms with Crippen molar-refractivity contribution in [2.45, 2.75) is 11.1 Å². The average molecular weight is 386 g/mol. The van der Waals surface area contributed by atoms with E-state index in [0.717, 1.165) is 24.3 Å². The van der Waals surface area contributed by atoms with E-state index in [1.807, 2.05) is 4.72 Å². The van der Waals surface area contributed by atoms with Crippen LogP contribution < -0.4 is 10.2 Å². The Morgan fingerprint density at radius 2 is 1.77 bits per heavy atom. The maximum absolute atomic E-state index is 13.0. The SMILES string of the molecule is O=C(C=Cc1cccc(S(=O)(=O)Nc2ccccc2C(F)(F)F)c1)NO. The van der Waals surface area contributed by atoms with Gasteiger partial charge in [0.2, 0.25) is 0 Å². The Kier molecular flexibility index (Phi) is 5.68. The molecule has 6 nitrogen and oxygen atoms in total. The molecule has 0 heterocycles. The summed E-state index contributed by atoms with van der Waals surface area (Å²) in [6.07, 6.45) is -2.53. The number of halogens is 3. The maximum atomic E-state index is 13.0. The molecule has 138 valence electrons. The maximum Gasteiger partial charge on any atom is 0.418 e. The number of rotatable bonds is 5. The lowest BCUT2D eigenvalue weighted by Crippen LogP contribution is -2.17. The summed E-state index contributed by atoms with van der Waals surface area (Å²) in [5.74, 6) is -0.824.